The van der Waals surface area contributed by atoms with Crippen molar-refractivity contribution in [3.8, 4) is 5.75 Å². The summed E-state index contributed by atoms with van der Waals surface area (Å²) in [5.74, 6) is 0.921. The third-order valence-corrected chi connectivity index (χ3v) is 3.80. The average molecular weight is 321 g/mol. The molecule has 0 unspecified atom stereocenters. The number of hydrogen-bond acceptors (Lipinski definition) is 3. The molecule has 19 heavy (non-hydrogen) atoms. The highest BCUT2D eigenvalue weighted by atomic mass is 79.9. The highest BCUT2D eigenvalue weighted by Gasteiger charge is 2.01. The normalized spacial score (nSPS) is 10.3. The Bertz CT molecular complexity index is 584. The SMILES string of the molecule is COc1ccc(CNc2cnc(Br)c(C)c2)cc1C. The molecule has 0 bridgehead atoms. The molecule has 0 aliphatic rings. The first-order valence-electron chi connectivity index (χ1n) is 6.09. The third-order valence-electron chi connectivity index (χ3n) is 2.97. The molecule has 0 aliphatic heterocycles. The molecule has 1 N–H and O–H groups in total. The third kappa shape index (κ3) is 3.47. The van der Waals surface area contributed by atoms with Crippen molar-refractivity contribution in [3.63, 3.8) is 0 Å². The fraction of sp³-hybridized carbons (Fsp3) is 0.267. The van der Waals surface area contributed by atoms with E-state index in [2.05, 4.69) is 44.4 Å². The minimum Gasteiger partial charge on any atom is -0.496 e. The van der Waals surface area contributed by atoms with Gasteiger partial charge in [0.05, 0.1) is 19.0 Å². The van der Waals surface area contributed by atoms with Crippen molar-refractivity contribution in [1.82, 2.24) is 4.98 Å². The number of nitrogens with one attached hydrogen (secondary N) is 1. The Morgan fingerprint density at radius 2 is 2.00 bits per heavy atom. The van der Waals surface area contributed by atoms with E-state index in [9.17, 15) is 0 Å². The summed E-state index contributed by atoms with van der Waals surface area (Å²) in [7, 11) is 1.69. The van der Waals surface area contributed by atoms with Crippen LogP contribution in [0.4, 0.5) is 5.69 Å². The Kier molecular flexibility index (Phi) is 4.43. The van der Waals surface area contributed by atoms with Gasteiger partial charge in [-0.15, -0.1) is 0 Å². The molecule has 2 rings (SSSR count). The molecule has 1 heterocycles. The quantitative estimate of drug-likeness (QED) is 0.862. The molecule has 0 atom stereocenters. The summed E-state index contributed by atoms with van der Waals surface area (Å²) in [5.41, 5.74) is 4.51. The van der Waals surface area contributed by atoms with Gasteiger partial charge in [0.25, 0.3) is 0 Å². The zero-order valence-electron chi connectivity index (χ0n) is 11.3. The first-order valence-corrected chi connectivity index (χ1v) is 6.89. The molecule has 1 aromatic heterocycles. The molecule has 0 saturated carbocycles. The summed E-state index contributed by atoms with van der Waals surface area (Å²) in [6, 6.07) is 8.27. The second kappa shape index (κ2) is 6.06. The van der Waals surface area contributed by atoms with Crippen LogP contribution in [0.5, 0.6) is 5.75 Å². The van der Waals surface area contributed by atoms with E-state index in [1.165, 1.54) is 5.56 Å². The Morgan fingerprint density at radius 3 is 2.63 bits per heavy atom. The van der Waals surface area contributed by atoms with Gasteiger partial charge in [-0.25, -0.2) is 4.98 Å². The molecule has 0 spiro atoms. The van der Waals surface area contributed by atoms with Crippen LogP contribution in [0.1, 0.15) is 16.7 Å². The summed E-state index contributed by atoms with van der Waals surface area (Å²) in [6.45, 7) is 4.85. The summed E-state index contributed by atoms with van der Waals surface area (Å²) < 4.78 is 6.14. The number of anilines is 1. The number of pyridine rings is 1. The maximum atomic E-state index is 5.26. The van der Waals surface area contributed by atoms with Crippen LogP contribution in [0.2, 0.25) is 0 Å². The van der Waals surface area contributed by atoms with Gasteiger partial charge in [-0.3, -0.25) is 0 Å². The van der Waals surface area contributed by atoms with Crippen molar-refractivity contribution in [2.75, 3.05) is 12.4 Å². The van der Waals surface area contributed by atoms with Crippen LogP contribution in [0.15, 0.2) is 35.1 Å². The Morgan fingerprint density at radius 1 is 1.21 bits per heavy atom. The van der Waals surface area contributed by atoms with Crippen molar-refractivity contribution in [2.24, 2.45) is 0 Å². The number of aryl methyl sites for hydroxylation is 2. The molecule has 3 nitrogen and oxygen atoms in total. The van der Waals surface area contributed by atoms with Crippen molar-refractivity contribution >= 4 is 21.6 Å². The lowest BCUT2D eigenvalue weighted by Gasteiger charge is -2.10. The summed E-state index contributed by atoms with van der Waals surface area (Å²) >= 11 is 3.40. The van der Waals surface area contributed by atoms with E-state index >= 15 is 0 Å². The first-order chi connectivity index (χ1) is 9.10. The predicted molar refractivity (Wildman–Crippen MR) is 81.7 cm³/mol. The lowest BCUT2D eigenvalue weighted by Crippen LogP contribution is -2.01. The maximum Gasteiger partial charge on any atom is 0.121 e. The van der Waals surface area contributed by atoms with Gasteiger partial charge < -0.3 is 10.1 Å². The van der Waals surface area contributed by atoms with E-state index in [0.29, 0.717) is 0 Å². The zero-order valence-corrected chi connectivity index (χ0v) is 12.9. The largest absolute Gasteiger partial charge is 0.496 e. The minimum absolute atomic E-state index is 0.771. The second-order valence-corrected chi connectivity index (χ2v) is 5.24. The monoisotopic (exact) mass is 320 g/mol. The standard InChI is InChI=1S/C15H17BrN2O/c1-10-6-12(4-5-14(10)19-3)8-17-13-7-11(2)15(16)18-9-13/h4-7,9,17H,8H2,1-3H3. The molecule has 0 saturated heterocycles. The van der Waals surface area contributed by atoms with Crippen molar-refractivity contribution in [1.29, 1.82) is 0 Å². The van der Waals surface area contributed by atoms with Gasteiger partial charge >= 0.3 is 0 Å². The van der Waals surface area contributed by atoms with Crippen LogP contribution < -0.4 is 10.1 Å². The Labute approximate surface area is 122 Å². The number of halogens is 1. The van der Waals surface area contributed by atoms with E-state index in [1.54, 1.807) is 7.11 Å². The molecule has 1 aromatic carbocycles. The van der Waals surface area contributed by atoms with Crippen LogP contribution in [-0.2, 0) is 6.54 Å². The number of rotatable bonds is 4. The zero-order chi connectivity index (χ0) is 13.8. The molecule has 4 heteroatoms. The number of aromatic nitrogens is 1. The van der Waals surface area contributed by atoms with E-state index in [0.717, 1.165) is 33.7 Å². The molecular weight excluding hydrogens is 304 g/mol. The van der Waals surface area contributed by atoms with Gasteiger partial charge in [-0.2, -0.15) is 0 Å². The Hall–Kier alpha value is -1.55. The van der Waals surface area contributed by atoms with Crippen molar-refractivity contribution < 1.29 is 4.74 Å². The van der Waals surface area contributed by atoms with E-state index in [1.807, 2.05) is 26.1 Å². The van der Waals surface area contributed by atoms with Crippen LogP contribution in [0, 0.1) is 13.8 Å². The number of methoxy groups -OCH3 is 1. The summed E-state index contributed by atoms with van der Waals surface area (Å²) in [6.07, 6.45) is 1.83. The molecule has 0 amide bonds. The van der Waals surface area contributed by atoms with E-state index in [4.69, 9.17) is 4.74 Å². The fourth-order valence-corrected chi connectivity index (χ4v) is 2.13. The fourth-order valence-electron chi connectivity index (χ4n) is 1.91. The highest BCUT2D eigenvalue weighted by molar-refractivity contribution is 9.10. The number of ether oxygens (including phenoxy) is 1. The number of hydrogen-bond donors (Lipinski definition) is 1. The molecule has 0 aliphatic carbocycles. The smallest absolute Gasteiger partial charge is 0.121 e. The van der Waals surface area contributed by atoms with Crippen LogP contribution >= 0.6 is 15.9 Å². The second-order valence-electron chi connectivity index (χ2n) is 4.49. The van der Waals surface area contributed by atoms with Gasteiger partial charge in [0.2, 0.25) is 0 Å². The van der Waals surface area contributed by atoms with Crippen LogP contribution in [0.25, 0.3) is 0 Å². The molecular formula is C15H17BrN2O. The van der Waals surface area contributed by atoms with Gasteiger partial charge in [0.1, 0.15) is 10.4 Å². The summed E-state index contributed by atoms with van der Waals surface area (Å²) in [4.78, 5) is 4.27. The van der Waals surface area contributed by atoms with Gasteiger partial charge in [0, 0.05) is 6.54 Å². The minimum atomic E-state index is 0.771. The van der Waals surface area contributed by atoms with Gasteiger partial charge in [0.15, 0.2) is 0 Å². The van der Waals surface area contributed by atoms with Crippen molar-refractivity contribution in [3.05, 3.63) is 51.8 Å². The lowest BCUT2D eigenvalue weighted by molar-refractivity contribution is 0.411. The number of benzene rings is 1. The van der Waals surface area contributed by atoms with Gasteiger partial charge in [-0.05, 0) is 58.6 Å². The molecule has 0 fully saturated rings. The lowest BCUT2D eigenvalue weighted by atomic mass is 10.1. The van der Waals surface area contributed by atoms with E-state index in [-0.39, 0.29) is 0 Å². The highest BCUT2D eigenvalue weighted by Crippen LogP contribution is 2.20. The van der Waals surface area contributed by atoms with E-state index < -0.39 is 0 Å². The first kappa shape index (κ1) is 13.9. The molecule has 100 valence electrons. The maximum absolute atomic E-state index is 5.26. The van der Waals surface area contributed by atoms with Crippen LogP contribution in [-0.4, -0.2) is 12.1 Å². The van der Waals surface area contributed by atoms with Crippen molar-refractivity contribution in [2.45, 2.75) is 20.4 Å². The number of nitrogens with zero attached hydrogens (tertiary/aromatic N) is 1. The molecule has 0 radical (unpaired) electrons. The van der Waals surface area contributed by atoms with Crippen LogP contribution in [0.3, 0.4) is 0 Å². The topological polar surface area (TPSA) is 34.1 Å². The summed E-state index contributed by atoms with van der Waals surface area (Å²) in [5, 5.41) is 3.37. The average Bonchev–Trinajstić information content (AvgIpc) is 2.40. The Balaban J connectivity index is 2.05. The van der Waals surface area contributed by atoms with Gasteiger partial charge in [-0.1, -0.05) is 12.1 Å². The predicted octanol–water partition coefficient (Wildman–Crippen LogP) is 4.08. The molecule has 2 aromatic rings.